The van der Waals surface area contributed by atoms with Crippen molar-refractivity contribution in [3.05, 3.63) is 0 Å². The molecule has 5 nitrogen and oxygen atoms in total. The van der Waals surface area contributed by atoms with Crippen LogP contribution >= 0.6 is 24.0 Å². The highest BCUT2D eigenvalue weighted by atomic mass is 127. The van der Waals surface area contributed by atoms with Crippen LogP contribution in [0.5, 0.6) is 0 Å². The molecule has 1 unspecified atom stereocenters. The van der Waals surface area contributed by atoms with Crippen LogP contribution in [0.2, 0.25) is 0 Å². The predicted octanol–water partition coefficient (Wildman–Crippen LogP) is 2.85. The van der Waals surface area contributed by atoms with E-state index in [-0.39, 0.29) is 29.6 Å². The number of ether oxygens (including phenoxy) is 1. The summed E-state index contributed by atoms with van der Waals surface area (Å²) in [6, 6.07) is 0. The Balaban J connectivity index is 0.00000288. The molecule has 0 bridgehead atoms. The van der Waals surface area contributed by atoms with E-state index in [1.54, 1.807) is 0 Å². The van der Waals surface area contributed by atoms with Crippen molar-refractivity contribution in [3.63, 3.8) is 0 Å². The van der Waals surface area contributed by atoms with E-state index in [4.69, 9.17) is 9.73 Å². The van der Waals surface area contributed by atoms with Crippen molar-refractivity contribution in [2.45, 2.75) is 58.5 Å². The first-order valence-electron chi connectivity index (χ1n) is 9.53. The molecule has 2 fully saturated rings. The Labute approximate surface area is 165 Å². The molecule has 0 aromatic rings. The molecule has 24 heavy (non-hydrogen) atoms. The lowest BCUT2D eigenvalue weighted by molar-refractivity contribution is 0.0283. The summed E-state index contributed by atoms with van der Waals surface area (Å²) in [5.41, 5.74) is -0.0602. The smallest absolute Gasteiger partial charge is 0.191 e. The largest absolute Gasteiger partial charge is 0.373 e. The lowest BCUT2D eigenvalue weighted by atomic mass is 9.93. The van der Waals surface area contributed by atoms with Crippen LogP contribution in [-0.2, 0) is 4.74 Å². The Morgan fingerprint density at radius 2 is 2.00 bits per heavy atom. The van der Waals surface area contributed by atoms with Gasteiger partial charge in [-0.2, -0.15) is 0 Å². The Kier molecular flexibility index (Phi) is 10.5. The topological polar surface area (TPSA) is 48.9 Å². The Morgan fingerprint density at radius 3 is 2.58 bits per heavy atom. The Morgan fingerprint density at radius 1 is 1.25 bits per heavy atom. The van der Waals surface area contributed by atoms with Gasteiger partial charge in [0, 0.05) is 19.7 Å². The number of piperidine rings is 1. The number of hydrogen-bond acceptors (Lipinski definition) is 3. The zero-order valence-corrected chi connectivity index (χ0v) is 18.1. The van der Waals surface area contributed by atoms with Gasteiger partial charge in [0.25, 0.3) is 0 Å². The van der Waals surface area contributed by atoms with Crippen LogP contribution in [0.3, 0.4) is 0 Å². The number of rotatable bonds is 7. The Hall–Kier alpha value is -0.0800. The van der Waals surface area contributed by atoms with E-state index < -0.39 is 0 Å². The van der Waals surface area contributed by atoms with Crippen LogP contribution in [0.25, 0.3) is 0 Å². The molecule has 2 aliphatic rings. The number of nitrogens with zero attached hydrogens (tertiary/aromatic N) is 2. The molecular formula is C18H37IN4O. The summed E-state index contributed by atoms with van der Waals surface area (Å²) in [4.78, 5) is 7.29. The van der Waals surface area contributed by atoms with Gasteiger partial charge < -0.3 is 20.3 Å². The molecule has 6 heteroatoms. The number of halogens is 1. The third-order valence-corrected chi connectivity index (χ3v) is 5.22. The minimum Gasteiger partial charge on any atom is -0.373 e. The molecule has 0 aromatic carbocycles. The summed E-state index contributed by atoms with van der Waals surface area (Å²) in [7, 11) is 0. The van der Waals surface area contributed by atoms with Gasteiger partial charge in [0.1, 0.15) is 0 Å². The maximum Gasteiger partial charge on any atom is 0.191 e. The molecule has 0 aliphatic carbocycles. The SMILES string of the molecule is CCNC(=NCC1(C)CCCO1)NCCC1CCN(CC)CC1.I. The van der Waals surface area contributed by atoms with E-state index in [1.807, 2.05) is 0 Å². The number of guanidine groups is 1. The summed E-state index contributed by atoms with van der Waals surface area (Å²) in [6.45, 7) is 13.8. The highest BCUT2D eigenvalue weighted by Crippen LogP contribution is 2.25. The van der Waals surface area contributed by atoms with Crippen molar-refractivity contribution in [2.24, 2.45) is 10.9 Å². The summed E-state index contributed by atoms with van der Waals surface area (Å²) >= 11 is 0. The van der Waals surface area contributed by atoms with E-state index in [1.165, 1.54) is 38.9 Å². The maximum atomic E-state index is 5.82. The zero-order valence-electron chi connectivity index (χ0n) is 15.8. The molecule has 0 aromatic heterocycles. The summed E-state index contributed by atoms with van der Waals surface area (Å²) in [6.07, 6.45) is 6.21. The number of hydrogen-bond donors (Lipinski definition) is 2. The monoisotopic (exact) mass is 452 g/mol. The normalized spacial score (nSPS) is 26.2. The van der Waals surface area contributed by atoms with Gasteiger partial charge in [0.05, 0.1) is 12.1 Å². The van der Waals surface area contributed by atoms with Crippen LogP contribution in [0.1, 0.15) is 52.9 Å². The third-order valence-electron chi connectivity index (χ3n) is 5.22. The van der Waals surface area contributed by atoms with Crippen molar-refractivity contribution in [3.8, 4) is 0 Å². The molecule has 1 atom stereocenters. The minimum atomic E-state index is -0.0602. The van der Waals surface area contributed by atoms with E-state index in [2.05, 4.69) is 36.3 Å². The first kappa shape index (κ1) is 22.0. The van der Waals surface area contributed by atoms with Crippen molar-refractivity contribution in [1.82, 2.24) is 15.5 Å². The molecule has 2 rings (SSSR count). The van der Waals surface area contributed by atoms with Crippen LogP contribution in [0.4, 0.5) is 0 Å². The van der Waals surface area contributed by atoms with Crippen molar-refractivity contribution in [2.75, 3.05) is 45.9 Å². The summed E-state index contributed by atoms with van der Waals surface area (Å²) < 4.78 is 5.82. The van der Waals surface area contributed by atoms with Gasteiger partial charge in [0.2, 0.25) is 0 Å². The molecular weight excluding hydrogens is 415 g/mol. The third kappa shape index (κ3) is 7.44. The first-order chi connectivity index (χ1) is 11.1. The highest BCUT2D eigenvalue weighted by Gasteiger charge is 2.29. The fourth-order valence-corrected chi connectivity index (χ4v) is 3.54. The van der Waals surface area contributed by atoms with E-state index in [0.29, 0.717) is 0 Å². The van der Waals surface area contributed by atoms with Gasteiger partial charge in [0.15, 0.2) is 5.96 Å². The average Bonchev–Trinajstić information content (AvgIpc) is 3.00. The minimum absolute atomic E-state index is 0. The van der Waals surface area contributed by atoms with Crippen LogP contribution in [0, 0.1) is 5.92 Å². The van der Waals surface area contributed by atoms with Crippen LogP contribution in [-0.4, -0.2) is 62.3 Å². The average molecular weight is 452 g/mol. The van der Waals surface area contributed by atoms with E-state index in [0.717, 1.165) is 51.0 Å². The van der Waals surface area contributed by atoms with Gasteiger partial charge >= 0.3 is 0 Å². The fraction of sp³-hybridized carbons (Fsp3) is 0.944. The molecule has 0 radical (unpaired) electrons. The lowest BCUT2D eigenvalue weighted by Gasteiger charge is -2.31. The summed E-state index contributed by atoms with van der Waals surface area (Å²) in [5.74, 6) is 1.80. The molecule has 2 saturated heterocycles. The first-order valence-corrected chi connectivity index (χ1v) is 9.53. The van der Waals surface area contributed by atoms with Gasteiger partial charge in [-0.05, 0) is 71.5 Å². The van der Waals surface area contributed by atoms with Gasteiger partial charge in [-0.3, -0.25) is 4.99 Å². The quantitative estimate of drug-likeness (QED) is 0.355. The lowest BCUT2D eigenvalue weighted by Crippen LogP contribution is -2.40. The summed E-state index contributed by atoms with van der Waals surface area (Å²) in [5, 5.41) is 6.86. The predicted molar refractivity (Wildman–Crippen MR) is 112 cm³/mol. The zero-order chi connectivity index (χ0) is 16.5. The molecule has 0 spiro atoms. The maximum absolute atomic E-state index is 5.82. The fourth-order valence-electron chi connectivity index (χ4n) is 3.54. The highest BCUT2D eigenvalue weighted by molar-refractivity contribution is 14.0. The van der Waals surface area contributed by atoms with E-state index in [9.17, 15) is 0 Å². The van der Waals surface area contributed by atoms with Crippen molar-refractivity contribution < 1.29 is 4.74 Å². The van der Waals surface area contributed by atoms with Gasteiger partial charge in [-0.25, -0.2) is 0 Å². The molecule has 2 heterocycles. The second-order valence-electron chi connectivity index (χ2n) is 7.19. The molecule has 2 aliphatic heterocycles. The molecule has 0 amide bonds. The molecule has 0 saturated carbocycles. The van der Waals surface area contributed by atoms with Crippen LogP contribution in [0.15, 0.2) is 4.99 Å². The second-order valence-corrected chi connectivity index (χ2v) is 7.19. The van der Waals surface area contributed by atoms with Crippen LogP contribution < -0.4 is 10.6 Å². The standard InChI is InChI=1S/C18H36N4O.HI/c1-4-19-17(21-15-18(3)10-6-14-23-18)20-11-7-16-8-12-22(5-2)13-9-16;/h16H,4-15H2,1-3H3,(H2,19,20,21);1H. The molecule has 142 valence electrons. The van der Waals surface area contributed by atoms with Crippen molar-refractivity contribution in [1.29, 1.82) is 0 Å². The molecule has 2 N–H and O–H groups in total. The number of likely N-dealkylation sites (tertiary alicyclic amines) is 1. The van der Waals surface area contributed by atoms with Gasteiger partial charge in [-0.15, -0.1) is 24.0 Å². The number of nitrogens with one attached hydrogen (secondary N) is 2. The van der Waals surface area contributed by atoms with Gasteiger partial charge in [-0.1, -0.05) is 6.92 Å². The Bertz CT molecular complexity index is 364. The number of aliphatic imine (C=N–C) groups is 1. The van der Waals surface area contributed by atoms with Crippen molar-refractivity contribution >= 4 is 29.9 Å². The second kappa shape index (κ2) is 11.5. The van der Waals surface area contributed by atoms with E-state index >= 15 is 0 Å².